The summed E-state index contributed by atoms with van der Waals surface area (Å²) in [4.78, 5) is 10.5. The highest BCUT2D eigenvalue weighted by atomic mass is 32.2. The van der Waals surface area contributed by atoms with Gasteiger partial charge in [0, 0.05) is 0 Å². The summed E-state index contributed by atoms with van der Waals surface area (Å²) in [5.74, 6) is -1.27. The van der Waals surface area contributed by atoms with Crippen molar-refractivity contribution in [2.24, 2.45) is 0 Å². The van der Waals surface area contributed by atoms with Crippen LogP contribution < -0.4 is 5.73 Å². The van der Waals surface area contributed by atoms with E-state index in [0.29, 0.717) is 5.03 Å². The molecule has 0 radical (unpaired) electrons. The predicted molar refractivity (Wildman–Crippen MR) is 39.7 cm³/mol. The van der Waals surface area contributed by atoms with Crippen LogP contribution in [0.25, 0.3) is 0 Å². The smallest absolute Gasteiger partial charge is 0.344 e. The summed E-state index contributed by atoms with van der Waals surface area (Å²) in [5.41, 5.74) is 5.14. The second-order valence-corrected chi connectivity index (χ2v) is 2.53. The van der Waals surface area contributed by atoms with Crippen LogP contribution in [0.4, 0.5) is 5.88 Å². The highest BCUT2D eigenvalue weighted by molar-refractivity contribution is 7.98. The van der Waals surface area contributed by atoms with Gasteiger partial charge in [-0.1, -0.05) is 5.16 Å². The molecule has 60 valence electrons. The van der Waals surface area contributed by atoms with Gasteiger partial charge in [0.1, 0.15) is 0 Å². The van der Waals surface area contributed by atoms with Crippen molar-refractivity contribution in [3.05, 3.63) is 5.56 Å². The van der Waals surface area contributed by atoms with Crippen LogP contribution in [-0.4, -0.2) is 22.5 Å². The molecule has 0 saturated heterocycles. The van der Waals surface area contributed by atoms with Crippen molar-refractivity contribution in [2.45, 2.75) is 5.03 Å². The molecule has 0 atom stereocenters. The van der Waals surface area contributed by atoms with E-state index < -0.39 is 5.97 Å². The van der Waals surface area contributed by atoms with Crippen LogP contribution in [0.15, 0.2) is 9.55 Å². The van der Waals surface area contributed by atoms with Gasteiger partial charge >= 0.3 is 5.97 Å². The predicted octanol–water partition coefficient (Wildman–Crippen LogP) is 0.677. The number of nitrogen functional groups attached to an aromatic ring is 1. The first-order valence-electron chi connectivity index (χ1n) is 2.69. The summed E-state index contributed by atoms with van der Waals surface area (Å²) < 4.78 is 4.47. The summed E-state index contributed by atoms with van der Waals surface area (Å²) in [6.07, 6.45) is 1.70. The zero-order valence-corrected chi connectivity index (χ0v) is 6.51. The number of carboxylic acid groups (broad SMARTS) is 1. The Morgan fingerprint density at radius 2 is 2.45 bits per heavy atom. The number of hydrogen-bond donors (Lipinski definition) is 2. The van der Waals surface area contributed by atoms with Gasteiger partial charge in [0.15, 0.2) is 10.6 Å². The van der Waals surface area contributed by atoms with Crippen LogP contribution in [0.3, 0.4) is 0 Å². The number of anilines is 1. The molecule has 1 rings (SSSR count). The molecule has 0 aliphatic rings. The highest BCUT2D eigenvalue weighted by Gasteiger charge is 2.19. The molecule has 0 aliphatic carbocycles. The van der Waals surface area contributed by atoms with E-state index in [9.17, 15) is 4.79 Å². The monoisotopic (exact) mass is 174 g/mol. The molecule has 1 aromatic heterocycles. The maximum atomic E-state index is 10.5. The molecule has 0 saturated carbocycles. The lowest BCUT2D eigenvalue weighted by Crippen LogP contribution is -2.00. The van der Waals surface area contributed by atoms with Crippen molar-refractivity contribution in [3.8, 4) is 0 Å². The average molecular weight is 174 g/mol. The minimum Gasteiger partial charge on any atom is -0.477 e. The van der Waals surface area contributed by atoms with Gasteiger partial charge in [-0.2, -0.15) is 0 Å². The molecule has 0 unspecified atom stereocenters. The van der Waals surface area contributed by atoms with E-state index >= 15 is 0 Å². The van der Waals surface area contributed by atoms with Crippen LogP contribution in [0.1, 0.15) is 10.4 Å². The number of thioether (sulfide) groups is 1. The van der Waals surface area contributed by atoms with Gasteiger partial charge in [-0.3, -0.25) is 0 Å². The van der Waals surface area contributed by atoms with Gasteiger partial charge < -0.3 is 15.4 Å². The first kappa shape index (κ1) is 7.93. The van der Waals surface area contributed by atoms with Crippen LogP contribution >= 0.6 is 11.8 Å². The number of aromatic carboxylic acids is 1. The quantitative estimate of drug-likeness (QED) is 0.641. The molecule has 1 aromatic rings. The molecule has 6 heteroatoms. The maximum Gasteiger partial charge on any atom is 0.344 e. The molecule has 0 spiro atoms. The number of hydrogen-bond acceptors (Lipinski definition) is 5. The molecule has 0 bridgehead atoms. The number of nitrogens with zero attached hydrogens (tertiary/aromatic N) is 1. The SMILES string of the molecule is CSc1noc(N)c1C(=O)O. The van der Waals surface area contributed by atoms with Crippen molar-refractivity contribution < 1.29 is 14.4 Å². The van der Waals surface area contributed by atoms with Gasteiger partial charge in [-0.15, -0.1) is 11.8 Å². The van der Waals surface area contributed by atoms with Crippen molar-refractivity contribution in [1.82, 2.24) is 5.16 Å². The molecule has 1 heterocycles. The zero-order chi connectivity index (χ0) is 8.43. The summed E-state index contributed by atoms with van der Waals surface area (Å²) in [7, 11) is 0. The highest BCUT2D eigenvalue weighted by Crippen LogP contribution is 2.23. The Balaban J connectivity index is 3.17. The van der Waals surface area contributed by atoms with Crippen molar-refractivity contribution >= 4 is 23.6 Å². The third kappa shape index (κ3) is 1.30. The molecular formula is C5H6N2O3S. The summed E-state index contributed by atoms with van der Waals surface area (Å²) >= 11 is 1.18. The van der Waals surface area contributed by atoms with Crippen LogP contribution in [0, 0.1) is 0 Å². The lowest BCUT2D eigenvalue weighted by molar-refractivity contribution is 0.0694. The standard InChI is InChI=1S/C5H6N2O3S/c1-11-4-2(5(8)9)3(6)10-7-4/h6H2,1H3,(H,8,9). The minimum atomic E-state index is -1.12. The Bertz CT molecular complexity index is 283. The molecule has 0 fully saturated rings. The molecular weight excluding hydrogens is 168 g/mol. The van der Waals surface area contributed by atoms with Gasteiger partial charge in [0.25, 0.3) is 0 Å². The first-order chi connectivity index (χ1) is 5.16. The zero-order valence-electron chi connectivity index (χ0n) is 5.70. The molecule has 11 heavy (non-hydrogen) atoms. The normalized spacial score (nSPS) is 9.91. The Morgan fingerprint density at radius 3 is 2.82 bits per heavy atom. The molecule has 3 N–H and O–H groups in total. The van der Waals surface area contributed by atoms with Crippen molar-refractivity contribution in [3.63, 3.8) is 0 Å². The molecule has 5 nitrogen and oxygen atoms in total. The lowest BCUT2D eigenvalue weighted by atomic mass is 10.3. The second-order valence-electron chi connectivity index (χ2n) is 1.74. The van der Waals surface area contributed by atoms with Crippen LogP contribution in [0.5, 0.6) is 0 Å². The topological polar surface area (TPSA) is 89.4 Å². The van der Waals surface area contributed by atoms with Crippen molar-refractivity contribution in [1.29, 1.82) is 0 Å². The number of aromatic nitrogens is 1. The van der Waals surface area contributed by atoms with Gasteiger partial charge in [-0.05, 0) is 6.26 Å². The second kappa shape index (κ2) is 2.83. The fourth-order valence-electron chi connectivity index (χ4n) is 0.624. The first-order valence-corrected chi connectivity index (χ1v) is 3.91. The largest absolute Gasteiger partial charge is 0.477 e. The summed E-state index contributed by atoms with van der Waals surface area (Å²) in [6, 6.07) is 0. The van der Waals surface area contributed by atoms with E-state index in [1.807, 2.05) is 0 Å². The maximum absolute atomic E-state index is 10.5. The van der Waals surface area contributed by atoms with E-state index in [-0.39, 0.29) is 11.4 Å². The average Bonchev–Trinajstić information content (AvgIpc) is 2.30. The number of nitrogens with two attached hydrogens (primary N) is 1. The van der Waals surface area contributed by atoms with E-state index in [2.05, 4.69) is 9.68 Å². The summed E-state index contributed by atoms with van der Waals surface area (Å²) in [6.45, 7) is 0. The van der Waals surface area contributed by atoms with E-state index in [4.69, 9.17) is 10.8 Å². The molecule has 0 amide bonds. The lowest BCUT2D eigenvalue weighted by Gasteiger charge is -1.89. The number of carbonyl (C=O) groups is 1. The van der Waals surface area contributed by atoms with Crippen molar-refractivity contribution in [2.75, 3.05) is 12.0 Å². The van der Waals surface area contributed by atoms with Gasteiger partial charge in [0.05, 0.1) is 0 Å². The van der Waals surface area contributed by atoms with Crippen LogP contribution in [-0.2, 0) is 0 Å². The van der Waals surface area contributed by atoms with E-state index in [1.165, 1.54) is 11.8 Å². The third-order valence-corrected chi connectivity index (χ3v) is 1.76. The Kier molecular flexibility index (Phi) is 2.04. The Labute approximate surface area is 66.5 Å². The third-order valence-electron chi connectivity index (χ3n) is 1.09. The molecule has 0 aromatic carbocycles. The van der Waals surface area contributed by atoms with E-state index in [1.54, 1.807) is 6.26 Å². The Hall–Kier alpha value is -1.17. The fraction of sp³-hybridized carbons (Fsp3) is 0.200. The Morgan fingerprint density at radius 1 is 1.82 bits per heavy atom. The van der Waals surface area contributed by atoms with Gasteiger partial charge in [0.2, 0.25) is 5.88 Å². The van der Waals surface area contributed by atoms with E-state index in [0.717, 1.165) is 0 Å². The minimum absolute atomic E-state index is 0.0579. The van der Waals surface area contributed by atoms with Crippen LogP contribution in [0.2, 0.25) is 0 Å². The fourth-order valence-corrected chi connectivity index (χ4v) is 1.13. The summed E-state index contributed by atoms with van der Waals surface area (Å²) in [5, 5.41) is 12.3. The molecule has 0 aliphatic heterocycles. The number of rotatable bonds is 2. The van der Waals surface area contributed by atoms with Gasteiger partial charge in [-0.25, -0.2) is 4.79 Å². The number of carboxylic acids is 1.